The van der Waals surface area contributed by atoms with Crippen molar-refractivity contribution in [3.63, 3.8) is 0 Å². The molecule has 1 aliphatic heterocycles. The number of ether oxygens (including phenoxy) is 1. The van der Waals surface area contributed by atoms with Crippen LogP contribution in [0.5, 0.6) is 5.75 Å². The molecule has 1 aliphatic rings. The van der Waals surface area contributed by atoms with Gasteiger partial charge in [-0.2, -0.15) is 0 Å². The van der Waals surface area contributed by atoms with Gasteiger partial charge in [0.05, 0.1) is 18.5 Å². The van der Waals surface area contributed by atoms with Crippen molar-refractivity contribution in [2.75, 3.05) is 12.4 Å². The minimum Gasteiger partial charge on any atom is -0.497 e. The first-order chi connectivity index (χ1) is 13.1. The van der Waals surface area contributed by atoms with Crippen molar-refractivity contribution in [2.24, 2.45) is 0 Å². The highest BCUT2D eigenvalue weighted by molar-refractivity contribution is 6.04. The predicted octanol–water partition coefficient (Wildman–Crippen LogP) is 3.05. The van der Waals surface area contributed by atoms with Gasteiger partial charge in [-0.15, -0.1) is 0 Å². The molecule has 0 saturated heterocycles. The summed E-state index contributed by atoms with van der Waals surface area (Å²) in [6, 6.07) is 11.0. The molecule has 7 nitrogen and oxygen atoms in total. The average Bonchev–Trinajstić information content (AvgIpc) is 3.07. The third kappa shape index (κ3) is 2.93. The standard InChI is InChI=1S/C20H17N3O4/c1-27-14-6-4-13(5-7-14)23-11-16(20(25)26)18-19(23)15(9-17(24)22-18)12-3-2-8-21-10-12/h2-8,10-11,15H,9H2,1H3,(H,22,24)(H,25,26)/t15-/m0/s1. The van der Waals surface area contributed by atoms with Gasteiger partial charge >= 0.3 is 5.97 Å². The van der Waals surface area contributed by atoms with Crippen LogP contribution in [-0.2, 0) is 4.79 Å². The van der Waals surface area contributed by atoms with Crippen LogP contribution in [0.3, 0.4) is 0 Å². The Labute approximate surface area is 155 Å². The van der Waals surface area contributed by atoms with E-state index in [1.807, 2.05) is 34.9 Å². The van der Waals surface area contributed by atoms with Crippen molar-refractivity contribution in [3.8, 4) is 11.4 Å². The summed E-state index contributed by atoms with van der Waals surface area (Å²) >= 11 is 0. The number of carbonyl (C=O) groups excluding carboxylic acids is 1. The van der Waals surface area contributed by atoms with E-state index in [1.54, 1.807) is 31.8 Å². The molecule has 2 N–H and O–H groups in total. The zero-order valence-corrected chi connectivity index (χ0v) is 14.5. The number of hydrogen-bond acceptors (Lipinski definition) is 4. The quantitative estimate of drug-likeness (QED) is 0.743. The van der Waals surface area contributed by atoms with Crippen LogP contribution in [0.25, 0.3) is 5.69 Å². The molecular formula is C20H17N3O4. The average molecular weight is 363 g/mol. The van der Waals surface area contributed by atoms with Crippen LogP contribution >= 0.6 is 0 Å². The molecule has 7 heteroatoms. The molecule has 2 aromatic heterocycles. The highest BCUT2D eigenvalue weighted by atomic mass is 16.5. The summed E-state index contributed by atoms with van der Waals surface area (Å²) < 4.78 is 7.01. The van der Waals surface area contributed by atoms with Gasteiger partial charge in [-0.1, -0.05) is 6.07 Å². The van der Waals surface area contributed by atoms with Gasteiger partial charge in [0.15, 0.2) is 0 Å². The normalized spacial score (nSPS) is 15.7. The number of carboxylic acids is 1. The lowest BCUT2D eigenvalue weighted by atomic mass is 9.89. The minimum atomic E-state index is -1.09. The molecule has 0 saturated carbocycles. The molecule has 3 heterocycles. The fourth-order valence-electron chi connectivity index (χ4n) is 3.44. The number of aromatic carboxylic acids is 1. The van der Waals surface area contributed by atoms with E-state index < -0.39 is 5.97 Å². The summed E-state index contributed by atoms with van der Waals surface area (Å²) in [5.74, 6) is -0.898. The van der Waals surface area contributed by atoms with Gasteiger partial charge in [-0.05, 0) is 35.9 Å². The Morgan fingerprint density at radius 1 is 1.30 bits per heavy atom. The van der Waals surface area contributed by atoms with Crippen molar-refractivity contribution >= 4 is 17.6 Å². The van der Waals surface area contributed by atoms with E-state index in [0.717, 1.165) is 16.9 Å². The van der Waals surface area contributed by atoms with Gasteiger partial charge in [0.2, 0.25) is 5.91 Å². The molecule has 1 aromatic carbocycles. The Balaban J connectivity index is 1.94. The monoisotopic (exact) mass is 363 g/mol. The Hall–Kier alpha value is -3.61. The Kier molecular flexibility index (Phi) is 4.12. The molecule has 0 bridgehead atoms. The zero-order chi connectivity index (χ0) is 19.0. The van der Waals surface area contributed by atoms with Gasteiger partial charge in [-0.3, -0.25) is 9.78 Å². The maximum absolute atomic E-state index is 12.3. The Morgan fingerprint density at radius 2 is 2.07 bits per heavy atom. The van der Waals surface area contributed by atoms with Crippen LogP contribution in [0.15, 0.2) is 55.0 Å². The van der Waals surface area contributed by atoms with Crippen molar-refractivity contribution < 1.29 is 19.4 Å². The number of carbonyl (C=O) groups is 2. The van der Waals surface area contributed by atoms with E-state index >= 15 is 0 Å². The third-order valence-electron chi connectivity index (χ3n) is 4.70. The smallest absolute Gasteiger partial charge is 0.339 e. The molecular weight excluding hydrogens is 346 g/mol. The number of nitrogens with one attached hydrogen (secondary N) is 1. The molecule has 0 aliphatic carbocycles. The maximum Gasteiger partial charge on any atom is 0.339 e. The maximum atomic E-state index is 12.3. The Morgan fingerprint density at radius 3 is 2.70 bits per heavy atom. The van der Waals surface area contributed by atoms with Gasteiger partial charge < -0.3 is 19.7 Å². The van der Waals surface area contributed by atoms with Gasteiger partial charge in [0.25, 0.3) is 0 Å². The molecule has 0 spiro atoms. The second-order valence-corrected chi connectivity index (χ2v) is 6.27. The lowest BCUT2D eigenvalue weighted by Gasteiger charge is -2.26. The fourth-order valence-corrected chi connectivity index (χ4v) is 3.44. The van der Waals surface area contributed by atoms with E-state index in [2.05, 4.69) is 10.3 Å². The second-order valence-electron chi connectivity index (χ2n) is 6.27. The fraction of sp³-hybridized carbons (Fsp3) is 0.150. The van der Waals surface area contributed by atoms with Crippen molar-refractivity contribution in [1.29, 1.82) is 0 Å². The lowest BCUT2D eigenvalue weighted by Crippen LogP contribution is -2.25. The highest BCUT2D eigenvalue weighted by Gasteiger charge is 2.34. The first kappa shape index (κ1) is 16.8. The summed E-state index contributed by atoms with van der Waals surface area (Å²) in [6.45, 7) is 0. The molecule has 4 rings (SSSR count). The number of methoxy groups -OCH3 is 1. The molecule has 1 atom stereocenters. The van der Waals surface area contributed by atoms with E-state index in [9.17, 15) is 14.7 Å². The largest absolute Gasteiger partial charge is 0.497 e. The number of rotatable bonds is 4. The lowest BCUT2D eigenvalue weighted by molar-refractivity contribution is -0.116. The third-order valence-corrected chi connectivity index (χ3v) is 4.70. The summed E-state index contributed by atoms with van der Waals surface area (Å²) in [6.07, 6.45) is 5.14. The van der Waals surface area contributed by atoms with Crippen LogP contribution in [0.1, 0.15) is 34.0 Å². The van der Waals surface area contributed by atoms with Crippen LogP contribution in [-0.4, -0.2) is 33.6 Å². The van der Waals surface area contributed by atoms with Crippen LogP contribution in [0, 0.1) is 0 Å². The molecule has 136 valence electrons. The first-order valence-corrected chi connectivity index (χ1v) is 8.41. The summed E-state index contributed by atoms with van der Waals surface area (Å²) in [5.41, 5.74) is 2.76. The van der Waals surface area contributed by atoms with Crippen molar-refractivity contribution in [2.45, 2.75) is 12.3 Å². The number of aromatic nitrogens is 2. The number of benzene rings is 1. The van der Waals surface area contributed by atoms with Crippen LogP contribution in [0.2, 0.25) is 0 Å². The summed E-state index contributed by atoms with van der Waals surface area (Å²) in [7, 11) is 1.59. The Bertz CT molecular complexity index is 1010. The second kappa shape index (κ2) is 6.60. The number of hydrogen-bond donors (Lipinski definition) is 2. The molecule has 0 radical (unpaired) electrons. The van der Waals surface area contributed by atoms with Crippen molar-refractivity contribution in [3.05, 3.63) is 71.8 Å². The van der Waals surface area contributed by atoms with Crippen LogP contribution < -0.4 is 10.1 Å². The zero-order valence-electron chi connectivity index (χ0n) is 14.5. The van der Waals surface area contributed by atoms with Gasteiger partial charge in [0, 0.05) is 36.6 Å². The van der Waals surface area contributed by atoms with Crippen molar-refractivity contribution in [1.82, 2.24) is 9.55 Å². The van der Waals surface area contributed by atoms with E-state index in [0.29, 0.717) is 11.4 Å². The SMILES string of the molecule is COc1ccc(-n2cc(C(=O)O)c3c2[C@H](c2cccnc2)CC(=O)N3)cc1. The minimum absolute atomic E-state index is 0.0581. The summed E-state index contributed by atoms with van der Waals surface area (Å²) in [5, 5.41) is 12.4. The number of pyridine rings is 1. The molecule has 27 heavy (non-hydrogen) atoms. The van der Waals surface area contributed by atoms with E-state index in [1.165, 1.54) is 0 Å². The molecule has 3 aromatic rings. The molecule has 1 amide bonds. The van der Waals surface area contributed by atoms with Gasteiger partial charge in [-0.25, -0.2) is 4.79 Å². The summed E-state index contributed by atoms with van der Waals surface area (Å²) in [4.78, 5) is 28.2. The van der Waals surface area contributed by atoms with Gasteiger partial charge in [0.1, 0.15) is 11.3 Å². The van der Waals surface area contributed by atoms with E-state index in [4.69, 9.17) is 4.74 Å². The van der Waals surface area contributed by atoms with E-state index in [-0.39, 0.29) is 23.8 Å². The van der Waals surface area contributed by atoms with Crippen LogP contribution in [0.4, 0.5) is 5.69 Å². The number of amides is 1. The number of nitrogens with zero attached hydrogens (tertiary/aromatic N) is 2. The first-order valence-electron chi connectivity index (χ1n) is 8.41. The molecule has 0 unspecified atom stereocenters. The number of anilines is 1. The highest BCUT2D eigenvalue weighted by Crippen LogP contribution is 2.41. The molecule has 0 fully saturated rings. The predicted molar refractivity (Wildman–Crippen MR) is 98.6 cm³/mol. The number of fused-ring (bicyclic) bond motifs is 1. The topological polar surface area (TPSA) is 93.4 Å². The number of carboxylic acid groups (broad SMARTS) is 1.